The largest absolute Gasteiger partial charge is 0.240 e. The molecule has 0 aliphatic carbocycles. The molecule has 0 saturated heterocycles. The van der Waals surface area contributed by atoms with Crippen molar-refractivity contribution in [2.45, 2.75) is 59.3 Å². The maximum Gasteiger partial charge on any atom is 0.0680 e. The molecule has 2 nitrogen and oxygen atoms in total. The van der Waals surface area contributed by atoms with Gasteiger partial charge in [-0.05, 0) is 55.4 Å². The second-order valence-electron chi connectivity index (χ2n) is 5.71. The first-order valence-corrected chi connectivity index (χ1v) is 7.81. The highest BCUT2D eigenvalue weighted by Crippen LogP contribution is 2.27. The van der Waals surface area contributed by atoms with E-state index in [1.807, 2.05) is 11.6 Å². The van der Waals surface area contributed by atoms with E-state index in [9.17, 15) is 0 Å². The maximum absolute atomic E-state index is 4.57. The lowest BCUT2D eigenvalue weighted by Crippen LogP contribution is -2.04. The molecule has 0 fully saturated rings. The molecular weight excluding hydrogens is 244 g/mol. The Kier molecular flexibility index (Phi) is 4.99. The van der Waals surface area contributed by atoms with Gasteiger partial charge in [0.25, 0.3) is 0 Å². The van der Waals surface area contributed by atoms with E-state index in [1.165, 1.54) is 36.1 Å². The molecule has 1 aromatic heterocycles. The molecule has 0 N–H and O–H groups in total. The van der Waals surface area contributed by atoms with Crippen molar-refractivity contribution in [2.24, 2.45) is 0 Å². The minimum absolute atomic E-state index is 0.566. The Morgan fingerprint density at radius 1 is 1.20 bits per heavy atom. The highest BCUT2D eigenvalue weighted by Gasteiger charge is 2.12. The zero-order valence-electron chi connectivity index (χ0n) is 13.2. The SMILES string of the molecule is CCCCc1ccc(-n2ccc(C)n2)c(C(C)CC)c1. The van der Waals surface area contributed by atoms with Gasteiger partial charge in [0.05, 0.1) is 11.4 Å². The van der Waals surface area contributed by atoms with Crippen molar-refractivity contribution in [3.8, 4) is 5.69 Å². The van der Waals surface area contributed by atoms with Gasteiger partial charge in [-0.25, -0.2) is 4.68 Å². The third-order valence-electron chi connectivity index (χ3n) is 4.02. The van der Waals surface area contributed by atoms with E-state index in [0.717, 1.165) is 12.1 Å². The number of benzene rings is 1. The smallest absolute Gasteiger partial charge is 0.0680 e. The molecule has 1 unspecified atom stereocenters. The van der Waals surface area contributed by atoms with Crippen LogP contribution in [0.5, 0.6) is 0 Å². The van der Waals surface area contributed by atoms with Gasteiger partial charge in [0, 0.05) is 6.20 Å². The molecule has 0 aliphatic rings. The van der Waals surface area contributed by atoms with Crippen LogP contribution < -0.4 is 0 Å². The molecule has 108 valence electrons. The van der Waals surface area contributed by atoms with Gasteiger partial charge in [-0.3, -0.25) is 0 Å². The van der Waals surface area contributed by atoms with Gasteiger partial charge in [-0.2, -0.15) is 5.10 Å². The van der Waals surface area contributed by atoms with E-state index < -0.39 is 0 Å². The predicted octanol–water partition coefficient (Wildman–Crippen LogP) is 5.04. The van der Waals surface area contributed by atoms with Crippen LogP contribution in [0.3, 0.4) is 0 Å². The number of unbranched alkanes of at least 4 members (excludes halogenated alkanes) is 1. The fraction of sp³-hybridized carbons (Fsp3) is 0.500. The van der Waals surface area contributed by atoms with Crippen LogP contribution in [0.15, 0.2) is 30.5 Å². The molecular formula is C18H26N2. The van der Waals surface area contributed by atoms with Gasteiger partial charge in [0.15, 0.2) is 0 Å². The van der Waals surface area contributed by atoms with Crippen LogP contribution in [-0.4, -0.2) is 9.78 Å². The van der Waals surface area contributed by atoms with Gasteiger partial charge >= 0.3 is 0 Å². The number of hydrogen-bond donors (Lipinski definition) is 0. The number of rotatable bonds is 6. The summed E-state index contributed by atoms with van der Waals surface area (Å²) in [7, 11) is 0. The molecule has 0 radical (unpaired) electrons. The first-order chi connectivity index (χ1) is 9.65. The molecule has 2 aromatic rings. The zero-order chi connectivity index (χ0) is 14.5. The Balaban J connectivity index is 2.40. The molecule has 0 bridgehead atoms. The fourth-order valence-corrected chi connectivity index (χ4v) is 2.51. The second-order valence-corrected chi connectivity index (χ2v) is 5.71. The van der Waals surface area contributed by atoms with E-state index in [2.05, 4.69) is 56.3 Å². The summed E-state index contributed by atoms with van der Waals surface area (Å²) in [6, 6.07) is 8.94. The quantitative estimate of drug-likeness (QED) is 0.719. The Morgan fingerprint density at radius 3 is 2.60 bits per heavy atom. The molecule has 0 amide bonds. The van der Waals surface area contributed by atoms with E-state index in [1.54, 1.807) is 0 Å². The van der Waals surface area contributed by atoms with Gasteiger partial charge in [-0.15, -0.1) is 0 Å². The van der Waals surface area contributed by atoms with Crippen molar-refractivity contribution in [1.82, 2.24) is 9.78 Å². The molecule has 20 heavy (non-hydrogen) atoms. The highest BCUT2D eigenvalue weighted by atomic mass is 15.3. The topological polar surface area (TPSA) is 17.8 Å². The highest BCUT2D eigenvalue weighted by molar-refractivity contribution is 5.45. The van der Waals surface area contributed by atoms with E-state index in [0.29, 0.717) is 5.92 Å². The first-order valence-electron chi connectivity index (χ1n) is 7.81. The minimum atomic E-state index is 0.566. The third kappa shape index (κ3) is 3.30. The molecule has 0 saturated carbocycles. The monoisotopic (exact) mass is 270 g/mol. The van der Waals surface area contributed by atoms with Crippen molar-refractivity contribution in [1.29, 1.82) is 0 Å². The van der Waals surface area contributed by atoms with Gasteiger partial charge in [0.1, 0.15) is 0 Å². The summed E-state index contributed by atoms with van der Waals surface area (Å²) in [6.45, 7) is 8.84. The summed E-state index contributed by atoms with van der Waals surface area (Å²) in [6.07, 6.45) is 6.91. The third-order valence-corrected chi connectivity index (χ3v) is 4.02. The summed E-state index contributed by atoms with van der Waals surface area (Å²) in [5.41, 5.74) is 5.17. The Bertz CT molecular complexity index is 554. The number of nitrogens with zero attached hydrogens (tertiary/aromatic N) is 2. The number of aryl methyl sites for hydroxylation is 2. The predicted molar refractivity (Wildman–Crippen MR) is 85.6 cm³/mol. The van der Waals surface area contributed by atoms with E-state index in [4.69, 9.17) is 0 Å². The lowest BCUT2D eigenvalue weighted by atomic mass is 9.93. The molecule has 0 aliphatic heterocycles. The summed E-state index contributed by atoms with van der Waals surface area (Å²) in [5.74, 6) is 0.566. The van der Waals surface area contributed by atoms with Crippen LogP contribution in [0.25, 0.3) is 5.69 Å². The molecule has 2 heteroatoms. The average Bonchev–Trinajstić information content (AvgIpc) is 2.90. The van der Waals surface area contributed by atoms with Crippen molar-refractivity contribution >= 4 is 0 Å². The molecule has 1 heterocycles. The van der Waals surface area contributed by atoms with Gasteiger partial charge < -0.3 is 0 Å². The van der Waals surface area contributed by atoms with Crippen LogP contribution in [0.1, 0.15) is 62.8 Å². The lowest BCUT2D eigenvalue weighted by molar-refractivity contribution is 0.712. The average molecular weight is 270 g/mol. The van der Waals surface area contributed by atoms with Crippen LogP contribution in [0.2, 0.25) is 0 Å². The van der Waals surface area contributed by atoms with Crippen LogP contribution in [-0.2, 0) is 6.42 Å². The van der Waals surface area contributed by atoms with Crippen molar-refractivity contribution in [2.75, 3.05) is 0 Å². The van der Waals surface area contributed by atoms with Crippen molar-refractivity contribution in [3.05, 3.63) is 47.3 Å². The van der Waals surface area contributed by atoms with Gasteiger partial charge in [-0.1, -0.05) is 39.3 Å². The Labute approximate surface area is 122 Å². The molecule has 2 rings (SSSR count). The van der Waals surface area contributed by atoms with E-state index in [-0.39, 0.29) is 0 Å². The first kappa shape index (κ1) is 14.8. The van der Waals surface area contributed by atoms with Crippen molar-refractivity contribution < 1.29 is 0 Å². The Morgan fingerprint density at radius 2 is 2.00 bits per heavy atom. The number of hydrogen-bond acceptors (Lipinski definition) is 1. The normalized spacial score (nSPS) is 12.6. The van der Waals surface area contributed by atoms with E-state index >= 15 is 0 Å². The second kappa shape index (κ2) is 6.74. The number of aromatic nitrogens is 2. The van der Waals surface area contributed by atoms with Crippen LogP contribution in [0.4, 0.5) is 0 Å². The van der Waals surface area contributed by atoms with Crippen molar-refractivity contribution in [3.63, 3.8) is 0 Å². The van der Waals surface area contributed by atoms with Gasteiger partial charge in [0.2, 0.25) is 0 Å². The summed E-state index contributed by atoms with van der Waals surface area (Å²) < 4.78 is 2.01. The minimum Gasteiger partial charge on any atom is -0.240 e. The van der Waals surface area contributed by atoms with Crippen LogP contribution >= 0.6 is 0 Å². The summed E-state index contributed by atoms with van der Waals surface area (Å²) in [5, 5.41) is 4.57. The standard InChI is InChI=1S/C18H26N2/c1-5-7-8-16-9-10-18(17(13-16)14(3)6-2)20-12-11-15(4)19-20/h9-14H,5-8H2,1-4H3. The Hall–Kier alpha value is -1.57. The maximum atomic E-state index is 4.57. The van der Waals surface area contributed by atoms with Crippen LogP contribution in [0, 0.1) is 6.92 Å². The zero-order valence-corrected chi connectivity index (χ0v) is 13.2. The summed E-state index contributed by atoms with van der Waals surface area (Å²) in [4.78, 5) is 0. The fourth-order valence-electron chi connectivity index (χ4n) is 2.51. The molecule has 0 spiro atoms. The molecule has 1 atom stereocenters. The lowest BCUT2D eigenvalue weighted by Gasteiger charge is -2.17. The molecule has 1 aromatic carbocycles. The summed E-state index contributed by atoms with van der Waals surface area (Å²) >= 11 is 0.